The van der Waals surface area contributed by atoms with Crippen LogP contribution in [0.3, 0.4) is 0 Å². The van der Waals surface area contributed by atoms with Crippen molar-refractivity contribution in [3.05, 3.63) is 63.5 Å². The zero-order valence-electron chi connectivity index (χ0n) is 13.9. The summed E-state index contributed by atoms with van der Waals surface area (Å²) in [6.07, 6.45) is -0.589. The molecule has 8 nitrogen and oxygen atoms in total. The maximum Gasteiger partial charge on any atom is 0.271 e. The molecular weight excluding hydrogens is 362 g/mol. The number of methoxy groups -OCH3 is 1. The van der Waals surface area contributed by atoms with E-state index in [1.165, 1.54) is 18.2 Å². The maximum absolute atomic E-state index is 10.8. The van der Waals surface area contributed by atoms with Crippen molar-refractivity contribution in [3.63, 3.8) is 0 Å². The molecule has 1 atom stereocenters. The molecule has 1 heterocycles. The van der Waals surface area contributed by atoms with Gasteiger partial charge in [0.05, 0.1) is 17.1 Å². The molecule has 0 saturated heterocycles. The van der Waals surface area contributed by atoms with Gasteiger partial charge in [0.15, 0.2) is 6.10 Å². The molecule has 0 saturated carbocycles. The maximum atomic E-state index is 10.8. The Morgan fingerprint density at radius 2 is 1.92 bits per heavy atom. The van der Waals surface area contributed by atoms with Crippen molar-refractivity contribution in [2.24, 2.45) is 0 Å². The third-order valence-corrected chi connectivity index (χ3v) is 3.85. The minimum absolute atomic E-state index is 0.116. The van der Waals surface area contributed by atoms with Crippen LogP contribution in [-0.2, 0) is 0 Å². The lowest BCUT2D eigenvalue weighted by molar-refractivity contribution is -0.384. The number of hydrogen-bond donors (Lipinski definition) is 0. The van der Waals surface area contributed by atoms with Crippen LogP contribution in [0.2, 0.25) is 5.02 Å². The van der Waals surface area contributed by atoms with Crippen molar-refractivity contribution in [1.82, 2.24) is 10.2 Å². The highest BCUT2D eigenvalue weighted by atomic mass is 35.5. The molecule has 0 aliphatic carbocycles. The first-order chi connectivity index (χ1) is 12.5. The Labute approximate surface area is 153 Å². The van der Waals surface area contributed by atoms with E-state index in [0.29, 0.717) is 5.89 Å². The zero-order chi connectivity index (χ0) is 18.7. The van der Waals surface area contributed by atoms with Crippen LogP contribution >= 0.6 is 11.6 Å². The molecule has 0 fully saturated rings. The summed E-state index contributed by atoms with van der Waals surface area (Å²) in [6.45, 7) is 1.71. The Balaban J connectivity index is 1.75. The number of rotatable bonds is 6. The highest BCUT2D eigenvalue weighted by Crippen LogP contribution is 2.32. The largest absolute Gasteiger partial charge is 0.497 e. The normalized spacial score (nSPS) is 11.8. The first kappa shape index (κ1) is 17.7. The number of ether oxygens (including phenoxy) is 2. The number of halogens is 1. The van der Waals surface area contributed by atoms with Gasteiger partial charge in [0.1, 0.15) is 11.5 Å². The van der Waals surface area contributed by atoms with Gasteiger partial charge in [-0.3, -0.25) is 10.1 Å². The lowest BCUT2D eigenvalue weighted by Crippen LogP contribution is -2.04. The van der Waals surface area contributed by atoms with Gasteiger partial charge >= 0.3 is 0 Å². The highest BCUT2D eigenvalue weighted by molar-refractivity contribution is 6.32. The Hall–Kier alpha value is -3.13. The van der Waals surface area contributed by atoms with Crippen LogP contribution in [0.25, 0.3) is 11.5 Å². The van der Waals surface area contributed by atoms with Gasteiger partial charge in [-0.25, -0.2) is 0 Å². The predicted molar refractivity (Wildman–Crippen MR) is 93.4 cm³/mol. The van der Waals surface area contributed by atoms with Crippen molar-refractivity contribution in [1.29, 1.82) is 0 Å². The Bertz CT molecular complexity index is 926. The van der Waals surface area contributed by atoms with Gasteiger partial charge in [-0.05, 0) is 37.3 Å². The molecule has 0 radical (unpaired) electrons. The van der Waals surface area contributed by atoms with Crippen LogP contribution in [-0.4, -0.2) is 22.2 Å². The summed E-state index contributed by atoms with van der Waals surface area (Å²) >= 11 is 6.03. The Morgan fingerprint density at radius 3 is 2.54 bits per heavy atom. The van der Waals surface area contributed by atoms with Gasteiger partial charge in [0, 0.05) is 17.7 Å². The Morgan fingerprint density at radius 1 is 1.19 bits per heavy atom. The molecule has 3 aromatic rings. The van der Waals surface area contributed by atoms with Crippen molar-refractivity contribution in [3.8, 4) is 23.0 Å². The molecule has 3 rings (SSSR count). The van der Waals surface area contributed by atoms with Crippen LogP contribution in [0.15, 0.2) is 46.9 Å². The van der Waals surface area contributed by atoms with Gasteiger partial charge in [0.2, 0.25) is 5.89 Å². The fraction of sp³-hybridized carbons (Fsp3) is 0.176. The fourth-order valence-electron chi connectivity index (χ4n) is 2.19. The topological polar surface area (TPSA) is 101 Å². The van der Waals surface area contributed by atoms with Crippen molar-refractivity contribution < 1.29 is 18.8 Å². The summed E-state index contributed by atoms with van der Waals surface area (Å²) in [5.74, 6) is 1.60. The second-order valence-corrected chi connectivity index (χ2v) is 5.71. The van der Waals surface area contributed by atoms with E-state index in [1.54, 1.807) is 38.3 Å². The molecule has 1 aromatic heterocycles. The molecule has 0 N–H and O–H groups in total. The molecule has 0 spiro atoms. The van der Waals surface area contributed by atoms with Gasteiger partial charge < -0.3 is 13.9 Å². The van der Waals surface area contributed by atoms with E-state index in [2.05, 4.69) is 10.2 Å². The number of benzene rings is 2. The molecule has 26 heavy (non-hydrogen) atoms. The number of non-ortho nitro benzene ring substituents is 1. The van der Waals surface area contributed by atoms with Crippen molar-refractivity contribution in [2.75, 3.05) is 7.11 Å². The molecule has 0 amide bonds. The van der Waals surface area contributed by atoms with Crippen LogP contribution in [0.1, 0.15) is 18.9 Å². The smallest absolute Gasteiger partial charge is 0.271 e. The molecule has 0 aliphatic rings. The van der Waals surface area contributed by atoms with E-state index in [0.717, 1.165) is 11.3 Å². The predicted octanol–water partition coefficient (Wildman–Crippen LogP) is 4.45. The lowest BCUT2D eigenvalue weighted by Gasteiger charge is -2.12. The quantitative estimate of drug-likeness (QED) is 0.463. The minimum Gasteiger partial charge on any atom is -0.497 e. The third kappa shape index (κ3) is 3.75. The summed E-state index contributed by atoms with van der Waals surface area (Å²) in [5, 5.41) is 18.9. The SMILES string of the molecule is COc1ccc(-c2nnc([C@@H](C)Oc3ccc([N+](=O)[O-])cc3Cl)o2)cc1. The monoisotopic (exact) mass is 375 g/mol. The molecular formula is C17H14ClN3O5. The van der Waals surface area contributed by atoms with E-state index in [9.17, 15) is 10.1 Å². The third-order valence-electron chi connectivity index (χ3n) is 3.56. The van der Waals surface area contributed by atoms with E-state index >= 15 is 0 Å². The number of hydrogen-bond acceptors (Lipinski definition) is 7. The highest BCUT2D eigenvalue weighted by Gasteiger charge is 2.19. The van der Waals surface area contributed by atoms with E-state index < -0.39 is 11.0 Å². The number of nitro benzene ring substituents is 1. The standard InChI is InChI=1S/C17H14ClN3O5/c1-10(25-15-8-5-12(21(22)23)9-14(15)18)16-19-20-17(26-16)11-3-6-13(24-2)7-4-11/h3-10H,1-2H3/t10-/m1/s1. The van der Waals surface area contributed by atoms with Crippen LogP contribution in [0, 0.1) is 10.1 Å². The van der Waals surface area contributed by atoms with Crippen molar-refractivity contribution >= 4 is 17.3 Å². The minimum atomic E-state index is -0.589. The molecule has 0 bridgehead atoms. The molecule has 9 heteroatoms. The first-order valence-corrected chi connectivity index (χ1v) is 7.94. The lowest BCUT2D eigenvalue weighted by atomic mass is 10.2. The van der Waals surface area contributed by atoms with Crippen LogP contribution < -0.4 is 9.47 Å². The van der Waals surface area contributed by atoms with E-state index in [1.807, 2.05) is 0 Å². The average molecular weight is 376 g/mol. The zero-order valence-corrected chi connectivity index (χ0v) is 14.6. The number of nitrogens with zero attached hydrogens (tertiary/aromatic N) is 3. The van der Waals surface area contributed by atoms with Crippen LogP contribution in [0.5, 0.6) is 11.5 Å². The van der Waals surface area contributed by atoms with Crippen molar-refractivity contribution in [2.45, 2.75) is 13.0 Å². The molecule has 2 aromatic carbocycles. The summed E-state index contributed by atoms with van der Waals surface area (Å²) in [5.41, 5.74) is 0.625. The second kappa shape index (κ2) is 7.40. The average Bonchev–Trinajstić information content (AvgIpc) is 3.13. The summed E-state index contributed by atoms with van der Waals surface area (Å²) in [4.78, 5) is 10.2. The van der Waals surface area contributed by atoms with Gasteiger partial charge in [-0.15, -0.1) is 10.2 Å². The summed E-state index contributed by atoms with van der Waals surface area (Å²) in [6, 6.07) is 11.1. The first-order valence-electron chi connectivity index (χ1n) is 7.56. The van der Waals surface area contributed by atoms with Gasteiger partial charge in [0.25, 0.3) is 11.6 Å². The van der Waals surface area contributed by atoms with E-state index in [-0.39, 0.29) is 22.4 Å². The summed E-state index contributed by atoms with van der Waals surface area (Å²) in [7, 11) is 1.59. The number of nitro groups is 1. The molecule has 0 unspecified atom stereocenters. The number of aromatic nitrogens is 2. The van der Waals surface area contributed by atoms with Gasteiger partial charge in [-0.1, -0.05) is 11.6 Å². The van der Waals surface area contributed by atoms with E-state index in [4.69, 9.17) is 25.5 Å². The fourth-order valence-corrected chi connectivity index (χ4v) is 2.41. The molecule has 134 valence electrons. The molecule has 0 aliphatic heterocycles. The van der Waals surface area contributed by atoms with Gasteiger partial charge in [-0.2, -0.15) is 0 Å². The summed E-state index contributed by atoms with van der Waals surface area (Å²) < 4.78 is 16.4. The second-order valence-electron chi connectivity index (χ2n) is 5.31. The Kier molecular flexibility index (Phi) is 5.04. The van der Waals surface area contributed by atoms with Crippen LogP contribution in [0.4, 0.5) is 5.69 Å².